The molecule has 0 spiro atoms. The summed E-state index contributed by atoms with van der Waals surface area (Å²) in [5, 5.41) is 12.2. The average Bonchev–Trinajstić information content (AvgIpc) is 2.85. The van der Waals surface area contributed by atoms with Gasteiger partial charge in [0.05, 0.1) is 6.26 Å². The summed E-state index contributed by atoms with van der Waals surface area (Å²) < 4.78 is 10.1. The van der Waals surface area contributed by atoms with Gasteiger partial charge in [-0.1, -0.05) is 5.16 Å². The van der Waals surface area contributed by atoms with E-state index < -0.39 is 5.97 Å². The van der Waals surface area contributed by atoms with Gasteiger partial charge in [-0.2, -0.15) is 4.98 Å². The third kappa shape index (κ3) is 2.47. The van der Waals surface area contributed by atoms with E-state index in [-0.39, 0.29) is 6.42 Å². The molecular weight excluding hydrogens is 212 g/mol. The molecule has 0 fully saturated rings. The third-order valence-electron chi connectivity index (χ3n) is 1.99. The fraction of sp³-hybridized carbons (Fsp3) is 0.300. The summed E-state index contributed by atoms with van der Waals surface area (Å²) in [6, 6.07) is 3.46. The number of carbonyl (C=O) groups is 1. The lowest BCUT2D eigenvalue weighted by atomic mass is 10.2. The molecule has 0 amide bonds. The molecule has 2 aromatic heterocycles. The number of carboxylic acid groups (broad SMARTS) is 1. The van der Waals surface area contributed by atoms with Gasteiger partial charge in [0.25, 0.3) is 0 Å². The predicted octanol–water partition coefficient (Wildman–Crippen LogP) is 1.74. The predicted molar refractivity (Wildman–Crippen MR) is 52.6 cm³/mol. The number of aryl methyl sites for hydroxylation is 1. The Hall–Kier alpha value is -2.11. The maximum Gasteiger partial charge on any atom is 0.303 e. The standard InChI is InChI=1S/C10H10N2O4/c13-9(14)5-1-4-8-11-10(12-16-8)7-3-2-6-15-7/h2-3,6H,1,4-5H2,(H,13,14). The Labute approximate surface area is 90.9 Å². The molecule has 0 atom stereocenters. The van der Waals surface area contributed by atoms with Crippen LogP contribution in [0.15, 0.2) is 27.3 Å². The van der Waals surface area contributed by atoms with E-state index in [0.29, 0.717) is 30.3 Å². The number of aromatic nitrogens is 2. The van der Waals surface area contributed by atoms with Crippen molar-refractivity contribution in [1.82, 2.24) is 10.1 Å². The second-order valence-electron chi connectivity index (χ2n) is 3.24. The highest BCUT2D eigenvalue weighted by Gasteiger charge is 2.10. The fourth-order valence-electron chi connectivity index (χ4n) is 1.25. The minimum Gasteiger partial charge on any atom is -0.481 e. The molecule has 0 radical (unpaired) electrons. The van der Waals surface area contributed by atoms with Crippen LogP contribution in [0.4, 0.5) is 0 Å². The second kappa shape index (κ2) is 4.61. The van der Waals surface area contributed by atoms with E-state index in [1.165, 1.54) is 6.26 Å². The lowest BCUT2D eigenvalue weighted by molar-refractivity contribution is -0.137. The summed E-state index contributed by atoms with van der Waals surface area (Å²) in [7, 11) is 0. The zero-order valence-electron chi connectivity index (χ0n) is 8.42. The number of nitrogens with zero attached hydrogens (tertiary/aromatic N) is 2. The van der Waals surface area contributed by atoms with Crippen molar-refractivity contribution in [2.75, 3.05) is 0 Å². The Balaban J connectivity index is 1.95. The topological polar surface area (TPSA) is 89.4 Å². The van der Waals surface area contributed by atoms with Crippen molar-refractivity contribution in [1.29, 1.82) is 0 Å². The Bertz CT molecular complexity index is 461. The number of carboxylic acids is 1. The molecule has 16 heavy (non-hydrogen) atoms. The first-order chi connectivity index (χ1) is 7.75. The van der Waals surface area contributed by atoms with Crippen LogP contribution in [-0.4, -0.2) is 21.2 Å². The Kier molecular flexibility index (Phi) is 3.00. The monoisotopic (exact) mass is 222 g/mol. The lowest BCUT2D eigenvalue weighted by Gasteiger charge is -1.90. The molecule has 0 saturated carbocycles. The van der Waals surface area contributed by atoms with Crippen LogP contribution in [-0.2, 0) is 11.2 Å². The molecule has 6 heteroatoms. The molecular formula is C10H10N2O4. The summed E-state index contributed by atoms with van der Waals surface area (Å²) in [4.78, 5) is 14.4. The largest absolute Gasteiger partial charge is 0.481 e. The van der Waals surface area contributed by atoms with Crippen LogP contribution >= 0.6 is 0 Å². The highest BCUT2D eigenvalue weighted by atomic mass is 16.5. The van der Waals surface area contributed by atoms with Gasteiger partial charge in [0, 0.05) is 12.8 Å². The maximum atomic E-state index is 10.3. The van der Waals surface area contributed by atoms with E-state index in [0.717, 1.165) is 0 Å². The molecule has 0 saturated heterocycles. The second-order valence-corrected chi connectivity index (χ2v) is 3.24. The van der Waals surface area contributed by atoms with Gasteiger partial charge in [0.2, 0.25) is 11.7 Å². The molecule has 1 N–H and O–H groups in total. The van der Waals surface area contributed by atoms with Gasteiger partial charge >= 0.3 is 5.97 Å². The quantitative estimate of drug-likeness (QED) is 0.828. The first-order valence-electron chi connectivity index (χ1n) is 4.84. The first-order valence-corrected chi connectivity index (χ1v) is 4.84. The van der Waals surface area contributed by atoms with E-state index in [9.17, 15) is 4.79 Å². The molecule has 0 bridgehead atoms. The van der Waals surface area contributed by atoms with Crippen molar-refractivity contribution in [3.8, 4) is 11.6 Å². The van der Waals surface area contributed by atoms with Crippen LogP contribution in [0, 0.1) is 0 Å². The molecule has 0 aliphatic rings. The molecule has 84 valence electrons. The molecule has 0 aromatic carbocycles. The summed E-state index contributed by atoms with van der Waals surface area (Å²) in [5.74, 6) is 0.516. The van der Waals surface area contributed by atoms with Crippen molar-refractivity contribution in [3.05, 3.63) is 24.3 Å². The van der Waals surface area contributed by atoms with Crippen molar-refractivity contribution in [2.45, 2.75) is 19.3 Å². The van der Waals surface area contributed by atoms with Crippen molar-refractivity contribution >= 4 is 5.97 Å². The molecule has 0 unspecified atom stereocenters. The zero-order valence-corrected chi connectivity index (χ0v) is 8.42. The van der Waals surface area contributed by atoms with Crippen LogP contribution in [0.2, 0.25) is 0 Å². The van der Waals surface area contributed by atoms with E-state index >= 15 is 0 Å². The Morgan fingerprint density at radius 3 is 3.06 bits per heavy atom. The van der Waals surface area contributed by atoms with E-state index in [2.05, 4.69) is 10.1 Å². The van der Waals surface area contributed by atoms with E-state index in [1.54, 1.807) is 12.1 Å². The van der Waals surface area contributed by atoms with Crippen molar-refractivity contribution < 1.29 is 18.8 Å². The fourth-order valence-corrected chi connectivity index (χ4v) is 1.25. The van der Waals surface area contributed by atoms with Crippen LogP contribution in [0.25, 0.3) is 11.6 Å². The summed E-state index contributed by atoms with van der Waals surface area (Å²) >= 11 is 0. The molecule has 6 nitrogen and oxygen atoms in total. The molecule has 2 rings (SSSR count). The van der Waals surface area contributed by atoms with Crippen LogP contribution < -0.4 is 0 Å². The average molecular weight is 222 g/mol. The normalized spacial score (nSPS) is 10.5. The van der Waals surface area contributed by atoms with Gasteiger partial charge < -0.3 is 14.0 Å². The van der Waals surface area contributed by atoms with Gasteiger partial charge in [-0.25, -0.2) is 0 Å². The third-order valence-corrected chi connectivity index (χ3v) is 1.99. The van der Waals surface area contributed by atoms with Crippen LogP contribution in [0.1, 0.15) is 18.7 Å². The minimum absolute atomic E-state index is 0.0957. The number of aliphatic carboxylic acids is 1. The van der Waals surface area contributed by atoms with E-state index in [1.807, 2.05) is 0 Å². The smallest absolute Gasteiger partial charge is 0.303 e. The summed E-state index contributed by atoms with van der Waals surface area (Å²) in [5.41, 5.74) is 0. The Morgan fingerprint density at radius 2 is 2.38 bits per heavy atom. The van der Waals surface area contributed by atoms with Crippen molar-refractivity contribution in [3.63, 3.8) is 0 Å². The number of furan rings is 1. The van der Waals surface area contributed by atoms with Gasteiger partial charge in [0.1, 0.15) is 0 Å². The van der Waals surface area contributed by atoms with Gasteiger partial charge in [-0.3, -0.25) is 4.79 Å². The van der Waals surface area contributed by atoms with Gasteiger partial charge in [-0.05, 0) is 18.6 Å². The first kappa shape index (κ1) is 10.4. The molecule has 0 aliphatic carbocycles. The Morgan fingerprint density at radius 1 is 1.50 bits per heavy atom. The van der Waals surface area contributed by atoms with Gasteiger partial charge in [0.15, 0.2) is 5.76 Å². The summed E-state index contributed by atoms with van der Waals surface area (Å²) in [6.45, 7) is 0. The maximum absolute atomic E-state index is 10.3. The molecule has 2 heterocycles. The minimum atomic E-state index is -0.828. The summed E-state index contributed by atoms with van der Waals surface area (Å²) in [6.07, 6.45) is 2.56. The SMILES string of the molecule is O=C(O)CCCc1nc(-c2ccco2)no1. The number of hydrogen-bond acceptors (Lipinski definition) is 5. The highest BCUT2D eigenvalue weighted by molar-refractivity contribution is 5.66. The van der Waals surface area contributed by atoms with Crippen LogP contribution in [0.3, 0.4) is 0 Å². The van der Waals surface area contributed by atoms with E-state index in [4.69, 9.17) is 14.0 Å². The van der Waals surface area contributed by atoms with Crippen LogP contribution in [0.5, 0.6) is 0 Å². The van der Waals surface area contributed by atoms with Crippen molar-refractivity contribution in [2.24, 2.45) is 0 Å². The molecule has 0 aliphatic heterocycles. The number of rotatable bonds is 5. The molecule has 2 aromatic rings. The zero-order chi connectivity index (χ0) is 11.4. The number of hydrogen-bond donors (Lipinski definition) is 1. The van der Waals surface area contributed by atoms with Gasteiger partial charge in [-0.15, -0.1) is 0 Å². The highest BCUT2D eigenvalue weighted by Crippen LogP contribution is 2.16. The lowest BCUT2D eigenvalue weighted by Crippen LogP contribution is -1.95.